The zero-order valence-corrected chi connectivity index (χ0v) is 17.5. The number of anilines is 1. The van der Waals surface area contributed by atoms with Crippen molar-refractivity contribution >= 4 is 39.1 Å². The second-order valence-electron chi connectivity index (χ2n) is 6.90. The van der Waals surface area contributed by atoms with Gasteiger partial charge >= 0.3 is 0 Å². The Labute approximate surface area is 175 Å². The van der Waals surface area contributed by atoms with Gasteiger partial charge in [0, 0.05) is 48.0 Å². The summed E-state index contributed by atoms with van der Waals surface area (Å²) in [5.74, 6) is -0.219. The number of benzene rings is 2. The van der Waals surface area contributed by atoms with Crippen LogP contribution >= 0.6 is 11.6 Å². The molecule has 0 saturated carbocycles. The standard InChI is InChI=1S/C20H22ClN3O4S/c1-29(27,28)22-18-9-5-16(6-10-18)20(26)24-12-2-11-23(13-14-24)19(25)15-3-7-17(21)8-4-15/h3-10,22H,2,11-14H2,1H3. The number of rotatable bonds is 4. The third-order valence-electron chi connectivity index (χ3n) is 4.60. The molecule has 2 aromatic carbocycles. The molecule has 1 N–H and O–H groups in total. The Morgan fingerprint density at radius 1 is 0.828 bits per heavy atom. The highest BCUT2D eigenvalue weighted by atomic mass is 35.5. The van der Waals surface area contributed by atoms with Crippen molar-refractivity contribution in [3.8, 4) is 0 Å². The molecule has 7 nitrogen and oxygen atoms in total. The van der Waals surface area contributed by atoms with Gasteiger partial charge < -0.3 is 9.80 Å². The number of carbonyl (C=O) groups excluding carboxylic acids is 2. The van der Waals surface area contributed by atoms with E-state index in [2.05, 4.69) is 4.72 Å². The molecule has 9 heteroatoms. The second-order valence-corrected chi connectivity index (χ2v) is 9.08. The highest BCUT2D eigenvalue weighted by Crippen LogP contribution is 2.16. The Kier molecular flexibility index (Phi) is 6.44. The van der Waals surface area contributed by atoms with Crippen LogP contribution in [0, 0.1) is 0 Å². The molecule has 0 aromatic heterocycles. The van der Waals surface area contributed by atoms with Crippen LogP contribution in [0.3, 0.4) is 0 Å². The molecule has 1 heterocycles. The van der Waals surface area contributed by atoms with Crippen LogP contribution in [-0.4, -0.2) is 62.5 Å². The molecule has 29 heavy (non-hydrogen) atoms. The molecule has 0 bridgehead atoms. The van der Waals surface area contributed by atoms with E-state index < -0.39 is 10.0 Å². The van der Waals surface area contributed by atoms with E-state index in [1.165, 1.54) is 0 Å². The first-order valence-corrected chi connectivity index (χ1v) is 11.4. The van der Waals surface area contributed by atoms with Crippen molar-refractivity contribution in [1.29, 1.82) is 0 Å². The van der Waals surface area contributed by atoms with Crippen molar-refractivity contribution in [3.63, 3.8) is 0 Å². The third-order valence-corrected chi connectivity index (χ3v) is 5.46. The summed E-state index contributed by atoms with van der Waals surface area (Å²) in [5, 5.41) is 0.576. The average molecular weight is 436 g/mol. The summed E-state index contributed by atoms with van der Waals surface area (Å²) < 4.78 is 24.9. The summed E-state index contributed by atoms with van der Waals surface area (Å²) in [5.41, 5.74) is 1.45. The smallest absolute Gasteiger partial charge is 0.253 e. The van der Waals surface area contributed by atoms with Gasteiger partial charge in [0.15, 0.2) is 0 Å². The molecule has 0 unspecified atom stereocenters. The molecule has 2 aromatic rings. The Balaban J connectivity index is 1.63. The van der Waals surface area contributed by atoms with E-state index in [1.807, 2.05) is 0 Å². The first kappa shape index (κ1) is 21.1. The fourth-order valence-corrected chi connectivity index (χ4v) is 3.87. The van der Waals surface area contributed by atoms with E-state index >= 15 is 0 Å². The predicted octanol–water partition coefficient (Wildman–Crippen LogP) is 2.70. The molecule has 2 amide bonds. The van der Waals surface area contributed by atoms with Gasteiger partial charge in [0.2, 0.25) is 10.0 Å². The zero-order chi connectivity index (χ0) is 21.0. The number of sulfonamides is 1. The van der Waals surface area contributed by atoms with Crippen molar-refractivity contribution in [2.24, 2.45) is 0 Å². The summed E-state index contributed by atoms with van der Waals surface area (Å²) in [4.78, 5) is 28.9. The van der Waals surface area contributed by atoms with Gasteiger partial charge in [-0.2, -0.15) is 0 Å². The first-order chi connectivity index (χ1) is 13.7. The van der Waals surface area contributed by atoms with Crippen LogP contribution < -0.4 is 4.72 Å². The summed E-state index contributed by atoms with van der Waals surface area (Å²) in [6.07, 6.45) is 1.75. The van der Waals surface area contributed by atoms with Gasteiger partial charge in [-0.05, 0) is 55.0 Å². The number of hydrogen-bond acceptors (Lipinski definition) is 4. The van der Waals surface area contributed by atoms with Crippen molar-refractivity contribution in [2.75, 3.05) is 37.2 Å². The van der Waals surface area contributed by atoms with Crippen molar-refractivity contribution < 1.29 is 18.0 Å². The van der Waals surface area contributed by atoms with Gasteiger partial charge in [-0.25, -0.2) is 8.42 Å². The van der Waals surface area contributed by atoms with E-state index in [-0.39, 0.29) is 11.8 Å². The van der Waals surface area contributed by atoms with Crippen LogP contribution in [0.1, 0.15) is 27.1 Å². The first-order valence-electron chi connectivity index (χ1n) is 9.15. The molecule has 1 fully saturated rings. The van der Waals surface area contributed by atoms with E-state index in [9.17, 15) is 18.0 Å². The van der Waals surface area contributed by atoms with E-state index in [0.29, 0.717) is 54.4 Å². The fourth-order valence-electron chi connectivity index (χ4n) is 3.18. The van der Waals surface area contributed by atoms with Crippen LogP contribution in [0.2, 0.25) is 5.02 Å². The number of carbonyl (C=O) groups is 2. The Morgan fingerprint density at radius 3 is 1.72 bits per heavy atom. The summed E-state index contributed by atoms with van der Waals surface area (Å²) in [7, 11) is -3.37. The summed E-state index contributed by atoms with van der Waals surface area (Å²) in [6.45, 7) is 2.00. The van der Waals surface area contributed by atoms with Crippen LogP contribution in [0.4, 0.5) is 5.69 Å². The second kappa shape index (κ2) is 8.84. The predicted molar refractivity (Wildman–Crippen MR) is 113 cm³/mol. The zero-order valence-electron chi connectivity index (χ0n) is 16.0. The van der Waals surface area contributed by atoms with Crippen molar-refractivity contribution in [3.05, 3.63) is 64.7 Å². The Bertz CT molecular complexity index is 991. The molecule has 0 atom stereocenters. The Hall–Kier alpha value is -2.58. The van der Waals surface area contributed by atoms with Crippen molar-refractivity contribution in [1.82, 2.24) is 9.80 Å². The maximum absolute atomic E-state index is 12.8. The molecule has 3 rings (SSSR count). The van der Waals surface area contributed by atoms with E-state index in [4.69, 9.17) is 11.6 Å². The molecule has 1 saturated heterocycles. The molecule has 1 aliphatic heterocycles. The Morgan fingerprint density at radius 2 is 1.28 bits per heavy atom. The summed E-state index contributed by atoms with van der Waals surface area (Å²) in [6, 6.07) is 13.1. The van der Waals surface area contributed by atoms with Crippen LogP contribution in [-0.2, 0) is 10.0 Å². The molecular formula is C20H22ClN3O4S. The maximum atomic E-state index is 12.8. The van der Waals surface area contributed by atoms with Gasteiger partial charge in [-0.1, -0.05) is 11.6 Å². The van der Waals surface area contributed by atoms with Gasteiger partial charge in [-0.3, -0.25) is 14.3 Å². The quantitative estimate of drug-likeness (QED) is 0.799. The van der Waals surface area contributed by atoms with Gasteiger partial charge in [0.25, 0.3) is 11.8 Å². The van der Waals surface area contributed by atoms with Crippen LogP contribution in [0.5, 0.6) is 0 Å². The number of hydrogen-bond donors (Lipinski definition) is 1. The van der Waals surface area contributed by atoms with Gasteiger partial charge in [0.05, 0.1) is 6.26 Å². The lowest BCUT2D eigenvalue weighted by atomic mass is 10.2. The highest BCUT2D eigenvalue weighted by Gasteiger charge is 2.23. The molecule has 154 valence electrons. The molecule has 0 spiro atoms. The van der Waals surface area contributed by atoms with E-state index in [0.717, 1.165) is 6.26 Å². The summed E-state index contributed by atoms with van der Waals surface area (Å²) >= 11 is 5.88. The molecular weight excluding hydrogens is 414 g/mol. The minimum absolute atomic E-state index is 0.0767. The van der Waals surface area contributed by atoms with Gasteiger partial charge in [-0.15, -0.1) is 0 Å². The number of halogens is 1. The highest BCUT2D eigenvalue weighted by molar-refractivity contribution is 7.92. The average Bonchev–Trinajstić information content (AvgIpc) is 2.93. The van der Waals surface area contributed by atoms with Crippen molar-refractivity contribution in [2.45, 2.75) is 6.42 Å². The molecule has 0 radical (unpaired) electrons. The maximum Gasteiger partial charge on any atom is 0.253 e. The molecule has 0 aliphatic carbocycles. The number of nitrogens with zero attached hydrogens (tertiary/aromatic N) is 2. The minimum atomic E-state index is -3.37. The van der Waals surface area contributed by atoms with Gasteiger partial charge in [0.1, 0.15) is 0 Å². The molecule has 1 aliphatic rings. The fraction of sp³-hybridized carbons (Fsp3) is 0.300. The lowest BCUT2D eigenvalue weighted by Gasteiger charge is -2.22. The largest absolute Gasteiger partial charge is 0.337 e. The topological polar surface area (TPSA) is 86.8 Å². The van der Waals surface area contributed by atoms with E-state index in [1.54, 1.807) is 58.3 Å². The lowest BCUT2D eigenvalue weighted by molar-refractivity contribution is 0.0719. The van der Waals surface area contributed by atoms with Crippen LogP contribution in [0.25, 0.3) is 0 Å². The SMILES string of the molecule is CS(=O)(=O)Nc1ccc(C(=O)N2CCCN(C(=O)c3ccc(Cl)cc3)CC2)cc1. The lowest BCUT2D eigenvalue weighted by Crippen LogP contribution is -2.37. The van der Waals surface area contributed by atoms with Crippen LogP contribution in [0.15, 0.2) is 48.5 Å². The number of nitrogens with one attached hydrogen (secondary N) is 1. The minimum Gasteiger partial charge on any atom is -0.337 e. The third kappa shape index (κ3) is 5.71. The monoisotopic (exact) mass is 435 g/mol. The number of amides is 2. The normalized spacial score (nSPS) is 15.0.